The molecule has 5 N–H and O–H groups in total. The summed E-state index contributed by atoms with van der Waals surface area (Å²) in [6.07, 6.45) is 0.0714. The van der Waals surface area contributed by atoms with Crippen LogP contribution in [0.3, 0.4) is 0 Å². The van der Waals surface area contributed by atoms with Crippen molar-refractivity contribution in [2.75, 3.05) is 17.2 Å². The lowest BCUT2D eigenvalue weighted by molar-refractivity contribution is -0.116. The lowest BCUT2D eigenvalue weighted by atomic mass is 10.1. The predicted molar refractivity (Wildman–Crippen MR) is 107 cm³/mol. The number of carbonyl (C=O) groups is 3. The summed E-state index contributed by atoms with van der Waals surface area (Å²) in [5, 5.41) is 8.40. The van der Waals surface area contributed by atoms with Crippen LogP contribution in [0.5, 0.6) is 0 Å². The highest BCUT2D eigenvalue weighted by atomic mass is 79.9. The maximum Gasteiger partial charge on any atom is 0.319 e. The van der Waals surface area contributed by atoms with Gasteiger partial charge in [-0.1, -0.05) is 15.9 Å². The number of thiophene rings is 1. The van der Waals surface area contributed by atoms with E-state index in [-0.39, 0.29) is 18.9 Å². The molecule has 1 aromatic carbocycles. The van der Waals surface area contributed by atoms with Crippen molar-refractivity contribution in [2.24, 2.45) is 5.73 Å². The molecule has 0 saturated carbocycles. The normalized spacial score (nSPS) is 10.3. The number of nitrogens with one attached hydrogen (secondary N) is 3. The summed E-state index contributed by atoms with van der Waals surface area (Å²) in [6.45, 7) is 3.80. The topological polar surface area (TPSA) is 113 Å². The van der Waals surface area contributed by atoms with Crippen molar-refractivity contribution in [1.29, 1.82) is 0 Å². The molecule has 0 spiro atoms. The fourth-order valence-corrected chi connectivity index (χ4v) is 3.55. The zero-order valence-electron chi connectivity index (χ0n) is 14.3. The van der Waals surface area contributed by atoms with Crippen molar-refractivity contribution < 1.29 is 14.4 Å². The Bertz CT molecular complexity index is 833. The van der Waals surface area contributed by atoms with Crippen molar-refractivity contribution in [3.63, 3.8) is 0 Å². The number of carbonyl (C=O) groups excluding carboxylic acids is 3. The van der Waals surface area contributed by atoms with Gasteiger partial charge in [-0.2, -0.15) is 0 Å². The summed E-state index contributed by atoms with van der Waals surface area (Å²) in [7, 11) is 0. The van der Waals surface area contributed by atoms with E-state index in [1.54, 1.807) is 19.1 Å². The highest BCUT2D eigenvalue weighted by Gasteiger charge is 2.18. The second-order valence-corrected chi connectivity index (χ2v) is 7.68. The number of anilines is 2. The molecular weight excluding hydrogens is 420 g/mol. The molecule has 0 aliphatic heterocycles. The van der Waals surface area contributed by atoms with Crippen molar-refractivity contribution >= 4 is 55.8 Å². The van der Waals surface area contributed by atoms with Gasteiger partial charge in [-0.3, -0.25) is 9.59 Å². The molecule has 0 aliphatic rings. The molecule has 0 aliphatic carbocycles. The number of aryl methyl sites for hydroxylation is 1. The van der Waals surface area contributed by atoms with Crippen LogP contribution < -0.4 is 21.7 Å². The lowest BCUT2D eigenvalue weighted by Gasteiger charge is -2.08. The first-order valence-corrected chi connectivity index (χ1v) is 9.39. The molecule has 0 fully saturated rings. The van der Waals surface area contributed by atoms with Gasteiger partial charge in [0, 0.05) is 28.0 Å². The summed E-state index contributed by atoms with van der Waals surface area (Å²) in [5.41, 5.74) is 7.12. The number of nitrogens with two attached hydrogens (primary N) is 1. The van der Waals surface area contributed by atoms with Gasteiger partial charge in [-0.15, -0.1) is 11.3 Å². The Morgan fingerprint density at radius 2 is 1.77 bits per heavy atom. The first-order valence-electron chi connectivity index (χ1n) is 7.78. The Balaban J connectivity index is 1.82. The van der Waals surface area contributed by atoms with E-state index < -0.39 is 11.9 Å². The molecule has 0 bridgehead atoms. The molecule has 0 radical (unpaired) electrons. The highest BCUT2D eigenvalue weighted by molar-refractivity contribution is 9.10. The Labute approximate surface area is 163 Å². The average molecular weight is 439 g/mol. The van der Waals surface area contributed by atoms with Gasteiger partial charge in [-0.25, -0.2) is 4.79 Å². The van der Waals surface area contributed by atoms with E-state index in [2.05, 4.69) is 31.9 Å². The van der Waals surface area contributed by atoms with Gasteiger partial charge in [0.05, 0.1) is 5.56 Å². The summed E-state index contributed by atoms with van der Waals surface area (Å²) < 4.78 is 0.912. The smallest absolute Gasteiger partial charge is 0.319 e. The number of rotatable bonds is 6. The molecule has 2 aromatic rings. The monoisotopic (exact) mass is 438 g/mol. The number of hydrogen-bond donors (Lipinski definition) is 4. The number of halogens is 1. The fraction of sp³-hybridized carbons (Fsp3) is 0.235. The van der Waals surface area contributed by atoms with Crippen molar-refractivity contribution in [3.8, 4) is 0 Å². The third kappa shape index (κ3) is 5.30. The van der Waals surface area contributed by atoms with Crippen LogP contribution in [0.4, 0.5) is 15.5 Å². The molecule has 0 atom stereocenters. The third-order valence-corrected chi connectivity index (χ3v) is 5.28. The molecule has 2 rings (SSSR count). The second-order valence-electron chi connectivity index (χ2n) is 5.54. The highest BCUT2D eigenvalue weighted by Crippen LogP contribution is 2.32. The quantitative estimate of drug-likeness (QED) is 0.554. The maximum atomic E-state index is 12.1. The number of urea groups is 1. The van der Waals surface area contributed by atoms with Crippen LogP contribution in [0.2, 0.25) is 0 Å². The van der Waals surface area contributed by atoms with E-state index in [0.29, 0.717) is 16.3 Å². The van der Waals surface area contributed by atoms with Gasteiger partial charge in [-0.05, 0) is 43.7 Å². The van der Waals surface area contributed by atoms with Crippen LogP contribution in [0.1, 0.15) is 27.2 Å². The third-order valence-electron chi connectivity index (χ3n) is 3.62. The van der Waals surface area contributed by atoms with Crippen LogP contribution in [-0.4, -0.2) is 24.4 Å². The summed E-state index contributed by atoms with van der Waals surface area (Å²) >= 11 is 4.62. The molecule has 7 nitrogen and oxygen atoms in total. The minimum Gasteiger partial charge on any atom is -0.365 e. The van der Waals surface area contributed by atoms with Gasteiger partial charge in [0.2, 0.25) is 5.91 Å². The molecule has 9 heteroatoms. The molecule has 1 heterocycles. The molecule has 4 amide bonds. The molecular formula is C17H19BrN4O3S. The Morgan fingerprint density at radius 1 is 1.12 bits per heavy atom. The Morgan fingerprint density at radius 3 is 2.38 bits per heavy atom. The zero-order chi connectivity index (χ0) is 19.3. The number of amides is 4. The van der Waals surface area contributed by atoms with Gasteiger partial charge in [0.1, 0.15) is 5.00 Å². The predicted octanol–water partition coefficient (Wildman–Crippen LogP) is 3.38. The molecule has 0 unspecified atom stereocenters. The first-order chi connectivity index (χ1) is 12.3. The fourth-order valence-electron chi connectivity index (χ4n) is 2.20. The zero-order valence-corrected chi connectivity index (χ0v) is 16.7. The van der Waals surface area contributed by atoms with E-state index in [4.69, 9.17) is 5.73 Å². The lowest BCUT2D eigenvalue weighted by Crippen LogP contribution is -2.31. The average Bonchev–Trinajstić information content (AvgIpc) is 2.83. The standard InChI is InChI=1S/C17H19BrN4O3S/c1-9-10(2)26-16(14(9)15(19)24)22-13(23)7-8-20-17(25)21-12-5-3-11(18)4-6-12/h3-6H,7-8H2,1-2H3,(H2,19,24)(H,22,23)(H2,20,21,25). The summed E-state index contributed by atoms with van der Waals surface area (Å²) in [4.78, 5) is 36.3. The van der Waals surface area contributed by atoms with E-state index in [9.17, 15) is 14.4 Å². The Kier molecular flexibility index (Phi) is 6.76. The molecule has 1 aromatic heterocycles. The molecule has 26 heavy (non-hydrogen) atoms. The van der Waals surface area contributed by atoms with Gasteiger partial charge in [0.25, 0.3) is 5.91 Å². The summed E-state index contributed by atoms with van der Waals surface area (Å²) in [6, 6.07) is 6.72. The minimum absolute atomic E-state index is 0.0714. The van der Waals surface area contributed by atoms with Gasteiger partial charge < -0.3 is 21.7 Å². The van der Waals surface area contributed by atoms with E-state index in [1.165, 1.54) is 11.3 Å². The number of hydrogen-bond acceptors (Lipinski definition) is 4. The van der Waals surface area contributed by atoms with Crippen LogP contribution >= 0.6 is 27.3 Å². The number of primary amides is 1. The summed E-state index contributed by atoms with van der Waals surface area (Å²) in [5.74, 6) is -0.883. The van der Waals surface area contributed by atoms with Crippen LogP contribution in [-0.2, 0) is 4.79 Å². The minimum atomic E-state index is -0.575. The second kappa shape index (κ2) is 8.81. The maximum absolute atomic E-state index is 12.1. The van der Waals surface area contributed by atoms with E-state index in [0.717, 1.165) is 14.9 Å². The molecule has 0 saturated heterocycles. The van der Waals surface area contributed by atoms with Crippen molar-refractivity contribution in [2.45, 2.75) is 20.3 Å². The van der Waals surface area contributed by atoms with E-state index >= 15 is 0 Å². The van der Waals surface area contributed by atoms with Crippen molar-refractivity contribution in [1.82, 2.24) is 5.32 Å². The van der Waals surface area contributed by atoms with Gasteiger partial charge in [0.15, 0.2) is 0 Å². The first kappa shape index (κ1) is 19.9. The molecule has 138 valence electrons. The van der Waals surface area contributed by atoms with Crippen LogP contribution in [0, 0.1) is 13.8 Å². The van der Waals surface area contributed by atoms with Crippen molar-refractivity contribution in [3.05, 3.63) is 44.7 Å². The van der Waals surface area contributed by atoms with Gasteiger partial charge >= 0.3 is 6.03 Å². The Hall–Kier alpha value is -2.39. The van der Waals surface area contributed by atoms with Crippen LogP contribution in [0.15, 0.2) is 28.7 Å². The largest absolute Gasteiger partial charge is 0.365 e. The number of benzene rings is 1. The van der Waals surface area contributed by atoms with Crippen LogP contribution in [0.25, 0.3) is 0 Å². The SMILES string of the molecule is Cc1sc(NC(=O)CCNC(=O)Nc2ccc(Br)cc2)c(C(N)=O)c1C. The van der Waals surface area contributed by atoms with E-state index in [1.807, 2.05) is 19.1 Å².